The number of hydrogen-bond donors (Lipinski definition) is 3. The van der Waals surface area contributed by atoms with Gasteiger partial charge in [0.2, 0.25) is 10.0 Å². The summed E-state index contributed by atoms with van der Waals surface area (Å²) in [6.07, 6.45) is 0.933. The van der Waals surface area contributed by atoms with Crippen LogP contribution in [0.2, 0.25) is 0 Å². The number of aliphatic hydroxyl groups excluding tert-OH is 1. The van der Waals surface area contributed by atoms with E-state index >= 15 is 0 Å². The van der Waals surface area contributed by atoms with E-state index in [0.29, 0.717) is 10.2 Å². The maximum absolute atomic E-state index is 12.1. The molecule has 0 aliphatic rings. The monoisotopic (exact) mass is 364 g/mol. The molecule has 4 N–H and O–H groups in total. The van der Waals surface area contributed by atoms with Crippen molar-refractivity contribution < 1.29 is 13.5 Å². The van der Waals surface area contributed by atoms with Gasteiger partial charge in [-0.15, -0.1) is 0 Å². The highest BCUT2D eigenvalue weighted by molar-refractivity contribution is 9.10. The predicted octanol–water partition coefficient (Wildman–Crippen LogP) is 2.11. The summed E-state index contributed by atoms with van der Waals surface area (Å²) in [5.74, 6) is 0.0905. The quantitative estimate of drug-likeness (QED) is 0.646. The van der Waals surface area contributed by atoms with Crippen molar-refractivity contribution in [2.75, 3.05) is 12.3 Å². The molecule has 1 aromatic rings. The van der Waals surface area contributed by atoms with E-state index in [1.54, 1.807) is 6.07 Å². The average molecular weight is 365 g/mol. The predicted molar refractivity (Wildman–Crippen MR) is 83.8 cm³/mol. The number of hydrogen-bond acceptors (Lipinski definition) is 4. The molecule has 1 atom stereocenters. The van der Waals surface area contributed by atoms with Gasteiger partial charge in [-0.3, -0.25) is 0 Å². The van der Waals surface area contributed by atoms with Crippen LogP contribution in [0.15, 0.2) is 27.6 Å². The summed E-state index contributed by atoms with van der Waals surface area (Å²) in [5.41, 5.74) is 6.03. The van der Waals surface area contributed by atoms with Crippen LogP contribution in [0.4, 0.5) is 5.69 Å². The van der Waals surface area contributed by atoms with Gasteiger partial charge >= 0.3 is 0 Å². The van der Waals surface area contributed by atoms with Crippen molar-refractivity contribution in [3.05, 3.63) is 22.7 Å². The molecule has 114 valence electrons. The Hall–Kier alpha value is -0.630. The first-order valence-electron chi connectivity index (χ1n) is 6.54. The molecule has 0 heterocycles. The van der Waals surface area contributed by atoms with Gasteiger partial charge < -0.3 is 10.8 Å². The lowest BCUT2D eigenvalue weighted by Gasteiger charge is -2.20. The smallest absolute Gasteiger partial charge is 0.240 e. The molecule has 0 spiro atoms. The molecule has 5 nitrogen and oxygen atoms in total. The molecular weight excluding hydrogens is 344 g/mol. The number of halogens is 1. The second kappa shape index (κ2) is 7.40. The first-order valence-corrected chi connectivity index (χ1v) is 8.82. The normalized spacial score (nSPS) is 13.7. The Bertz CT molecular complexity index is 545. The van der Waals surface area contributed by atoms with Crippen LogP contribution in [0.3, 0.4) is 0 Å². The number of rotatable bonds is 7. The zero-order valence-corrected chi connectivity index (χ0v) is 14.0. The molecule has 1 rings (SSSR count). The van der Waals surface area contributed by atoms with Crippen molar-refractivity contribution in [2.45, 2.75) is 37.7 Å². The lowest BCUT2D eigenvalue weighted by atomic mass is 9.97. The van der Waals surface area contributed by atoms with E-state index in [-0.39, 0.29) is 17.4 Å². The van der Waals surface area contributed by atoms with Crippen LogP contribution in [-0.4, -0.2) is 26.2 Å². The van der Waals surface area contributed by atoms with Crippen molar-refractivity contribution in [1.29, 1.82) is 0 Å². The van der Waals surface area contributed by atoms with E-state index in [1.165, 1.54) is 12.1 Å². The Balaban J connectivity index is 2.77. The molecule has 0 aliphatic heterocycles. The number of nitrogens with two attached hydrogens (primary N) is 1. The number of sulfonamides is 1. The number of aliphatic hydroxyl groups is 1. The van der Waals surface area contributed by atoms with Gasteiger partial charge in [-0.25, -0.2) is 13.1 Å². The largest absolute Gasteiger partial charge is 0.398 e. The summed E-state index contributed by atoms with van der Waals surface area (Å²) in [5, 5.41) is 9.96. The van der Waals surface area contributed by atoms with Gasteiger partial charge in [-0.05, 0) is 40.0 Å². The number of nitrogen functional groups attached to an aromatic ring is 1. The van der Waals surface area contributed by atoms with Gasteiger partial charge in [-0.2, -0.15) is 0 Å². The molecule has 0 saturated carbocycles. The minimum absolute atomic E-state index is 0.00461. The lowest BCUT2D eigenvalue weighted by molar-refractivity contribution is 0.107. The Morgan fingerprint density at radius 3 is 2.45 bits per heavy atom. The van der Waals surface area contributed by atoms with Crippen LogP contribution in [0.1, 0.15) is 26.7 Å². The van der Waals surface area contributed by atoms with E-state index in [2.05, 4.69) is 20.7 Å². The van der Waals surface area contributed by atoms with Gasteiger partial charge in [0.1, 0.15) is 0 Å². The van der Waals surface area contributed by atoms with E-state index in [1.807, 2.05) is 13.8 Å². The molecular formula is C13H21BrN2O3S. The van der Waals surface area contributed by atoms with Gasteiger partial charge in [0.05, 0.1) is 11.0 Å². The van der Waals surface area contributed by atoms with Crippen LogP contribution in [0.5, 0.6) is 0 Å². The Morgan fingerprint density at radius 2 is 1.95 bits per heavy atom. The third-order valence-corrected chi connectivity index (χ3v) is 5.50. The summed E-state index contributed by atoms with van der Waals surface area (Å²) in [6, 6.07) is 4.43. The highest BCUT2D eigenvalue weighted by Gasteiger charge is 2.20. The topological polar surface area (TPSA) is 92.4 Å². The molecule has 0 amide bonds. The summed E-state index contributed by atoms with van der Waals surface area (Å²) in [7, 11) is -3.66. The Morgan fingerprint density at radius 1 is 1.35 bits per heavy atom. The third kappa shape index (κ3) is 4.44. The van der Waals surface area contributed by atoms with Gasteiger partial charge in [0, 0.05) is 16.7 Å². The van der Waals surface area contributed by atoms with Crippen LogP contribution in [0.25, 0.3) is 0 Å². The van der Waals surface area contributed by atoms with Crippen LogP contribution in [0, 0.1) is 5.92 Å². The molecule has 0 aromatic heterocycles. The number of anilines is 1. The highest BCUT2D eigenvalue weighted by Crippen LogP contribution is 2.22. The molecule has 7 heteroatoms. The highest BCUT2D eigenvalue weighted by atomic mass is 79.9. The fourth-order valence-corrected chi connectivity index (χ4v) is 3.30. The molecule has 0 aliphatic carbocycles. The van der Waals surface area contributed by atoms with Crippen molar-refractivity contribution in [3.8, 4) is 0 Å². The van der Waals surface area contributed by atoms with Crippen molar-refractivity contribution >= 4 is 31.6 Å². The first-order chi connectivity index (χ1) is 9.31. The first kappa shape index (κ1) is 17.4. The minimum atomic E-state index is -3.66. The summed E-state index contributed by atoms with van der Waals surface area (Å²) in [6.45, 7) is 3.95. The maximum Gasteiger partial charge on any atom is 0.240 e. The van der Waals surface area contributed by atoms with Crippen molar-refractivity contribution in [2.24, 2.45) is 5.92 Å². The van der Waals surface area contributed by atoms with Crippen LogP contribution < -0.4 is 10.5 Å². The second-order valence-corrected chi connectivity index (χ2v) is 7.30. The van der Waals surface area contributed by atoms with Crippen LogP contribution in [-0.2, 0) is 10.0 Å². The van der Waals surface area contributed by atoms with Crippen molar-refractivity contribution in [1.82, 2.24) is 4.72 Å². The summed E-state index contributed by atoms with van der Waals surface area (Å²) in [4.78, 5) is 0.0925. The molecule has 1 unspecified atom stereocenters. The lowest BCUT2D eigenvalue weighted by Crippen LogP contribution is -2.36. The standard InChI is InChI=1S/C13H21BrN2O3S/c1-3-9(4-2)13(17)8-16-20(18,19)10-5-6-11(14)12(15)7-10/h5-7,9,13,16-17H,3-4,8,15H2,1-2H3. The molecule has 0 bridgehead atoms. The van der Waals surface area contributed by atoms with Gasteiger partial charge in [0.15, 0.2) is 0 Å². The summed E-state index contributed by atoms with van der Waals surface area (Å²) >= 11 is 3.22. The number of nitrogens with one attached hydrogen (secondary N) is 1. The molecule has 1 aromatic carbocycles. The van der Waals surface area contributed by atoms with Crippen molar-refractivity contribution in [3.63, 3.8) is 0 Å². The van der Waals surface area contributed by atoms with Gasteiger partial charge in [-0.1, -0.05) is 26.7 Å². The zero-order chi connectivity index (χ0) is 15.3. The van der Waals surface area contributed by atoms with E-state index in [0.717, 1.165) is 12.8 Å². The van der Waals surface area contributed by atoms with Gasteiger partial charge in [0.25, 0.3) is 0 Å². The third-order valence-electron chi connectivity index (χ3n) is 3.35. The molecule has 0 radical (unpaired) electrons. The second-order valence-electron chi connectivity index (χ2n) is 4.68. The molecule has 0 fully saturated rings. The minimum Gasteiger partial charge on any atom is -0.398 e. The fraction of sp³-hybridized carbons (Fsp3) is 0.538. The SMILES string of the molecule is CCC(CC)C(O)CNS(=O)(=O)c1ccc(Br)c(N)c1. The fourth-order valence-electron chi connectivity index (χ4n) is 1.97. The zero-order valence-electron chi connectivity index (χ0n) is 11.6. The Kier molecular flexibility index (Phi) is 6.44. The molecule has 0 saturated heterocycles. The number of benzene rings is 1. The maximum atomic E-state index is 12.1. The molecule has 20 heavy (non-hydrogen) atoms. The van der Waals surface area contributed by atoms with E-state index < -0.39 is 16.1 Å². The van der Waals surface area contributed by atoms with Crippen LogP contribution >= 0.6 is 15.9 Å². The summed E-state index contributed by atoms with van der Waals surface area (Å²) < 4.78 is 27.3. The Labute approximate surface area is 128 Å². The van der Waals surface area contributed by atoms with E-state index in [4.69, 9.17) is 5.73 Å². The average Bonchev–Trinajstić information content (AvgIpc) is 2.41. The van der Waals surface area contributed by atoms with E-state index in [9.17, 15) is 13.5 Å².